The summed E-state index contributed by atoms with van der Waals surface area (Å²) < 4.78 is 25.7. The van der Waals surface area contributed by atoms with E-state index in [-0.39, 0.29) is 11.6 Å². The van der Waals surface area contributed by atoms with Gasteiger partial charge in [-0.25, -0.2) is 8.78 Å². The van der Waals surface area contributed by atoms with Crippen LogP contribution in [0.4, 0.5) is 8.78 Å². The number of hydrogen-bond donors (Lipinski definition) is 0. The highest BCUT2D eigenvalue weighted by molar-refractivity contribution is 7.99. The highest BCUT2D eigenvalue weighted by Gasteiger charge is 2.01. The fourth-order valence-corrected chi connectivity index (χ4v) is 3.49. The molecule has 0 unspecified atom stereocenters. The first kappa shape index (κ1) is 15.1. The van der Waals surface area contributed by atoms with Crippen LogP contribution in [0.3, 0.4) is 0 Å². The fraction of sp³-hybridized carbons (Fsp3) is 0. The lowest BCUT2D eigenvalue weighted by atomic mass is 10.3. The largest absolute Gasteiger partial charge is 0.207 e. The zero-order valence-electron chi connectivity index (χ0n) is 11.5. The van der Waals surface area contributed by atoms with E-state index < -0.39 is 0 Å². The average Bonchev–Trinajstić information content (AvgIpc) is 2.54. The first-order chi connectivity index (χ1) is 10.7. The van der Waals surface area contributed by atoms with Crippen LogP contribution >= 0.6 is 23.5 Å². The molecule has 0 saturated heterocycles. The van der Waals surface area contributed by atoms with Crippen molar-refractivity contribution < 1.29 is 8.78 Å². The number of hydrogen-bond acceptors (Lipinski definition) is 2. The maximum atomic E-state index is 12.9. The van der Waals surface area contributed by atoms with Crippen LogP contribution in [0.15, 0.2) is 92.4 Å². The molecule has 0 aliphatic rings. The first-order valence-electron chi connectivity index (χ1n) is 6.66. The highest BCUT2D eigenvalue weighted by Crippen LogP contribution is 2.32. The van der Waals surface area contributed by atoms with E-state index >= 15 is 0 Å². The SMILES string of the molecule is Fc1ccc(Sc2ccc(Sc3ccc(F)cc3)cc2)cc1. The van der Waals surface area contributed by atoms with Gasteiger partial charge < -0.3 is 0 Å². The normalized spacial score (nSPS) is 10.6. The lowest BCUT2D eigenvalue weighted by molar-refractivity contribution is 0.626. The van der Waals surface area contributed by atoms with E-state index in [0.717, 1.165) is 19.6 Å². The molecule has 0 N–H and O–H groups in total. The minimum atomic E-state index is -0.226. The Kier molecular flexibility index (Phi) is 4.80. The molecule has 22 heavy (non-hydrogen) atoms. The second-order valence-corrected chi connectivity index (χ2v) is 6.88. The van der Waals surface area contributed by atoms with Gasteiger partial charge in [-0.15, -0.1) is 0 Å². The highest BCUT2D eigenvalue weighted by atomic mass is 32.2. The minimum Gasteiger partial charge on any atom is -0.207 e. The smallest absolute Gasteiger partial charge is 0.123 e. The Hall–Kier alpha value is -1.78. The molecule has 0 nitrogen and oxygen atoms in total. The number of rotatable bonds is 4. The molecule has 0 amide bonds. The molecule has 3 aromatic carbocycles. The molecule has 0 bridgehead atoms. The van der Waals surface area contributed by atoms with Crippen molar-refractivity contribution in [3.05, 3.63) is 84.4 Å². The van der Waals surface area contributed by atoms with Crippen molar-refractivity contribution in [2.45, 2.75) is 19.6 Å². The van der Waals surface area contributed by atoms with E-state index in [9.17, 15) is 8.78 Å². The Morgan fingerprint density at radius 2 is 0.636 bits per heavy atom. The van der Waals surface area contributed by atoms with E-state index in [1.807, 2.05) is 24.3 Å². The van der Waals surface area contributed by atoms with Gasteiger partial charge in [0.1, 0.15) is 11.6 Å². The predicted molar refractivity (Wildman–Crippen MR) is 87.5 cm³/mol. The third kappa shape index (κ3) is 4.12. The van der Waals surface area contributed by atoms with E-state index in [4.69, 9.17) is 0 Å². The van der Waals surface area contributed by atoms with Gasteiger partial charge in [0.2, 0.25) is 0 Å². The van der Waals surface area contributed by atoms with Gasteiger partial charge in [-0.1, -0.05) is 23.5 Å². The Bertz CT molecular complexity index is 669. The lowest BCUT2D eigenvalue weighted by Crippen LogP contribution is -1.78. The maximum Gasteiger partial charge on any atom is 0.123 e. The van der Waals surface area contributed by atoms with E-state index in [2.05, 4.69) is 0 Å². The first-order valence-corrected chi connectivity index (χ1v) is 8.29. The van der Waals surface area contributed by atoms with Crippen LogP contribution in [-0.4, -0.2) is 0 Å². The minimum absolute atomic E-state index is 0.226. The van der Waals surface area contributed by atoms with Crippen molar-refractivity contribution in [1.82, 2.24) is 0 Å². The third-order valence-corrected chi connectivity index (χ3v) is 4.95. The van der Waals surface area contributed by atoms with Gasteiger partial charge in [-0.05, 0) is 72.8 Å². The summed E-state index contributed by atoms with van der Waals surface area (Å²) in [5.41, 5.74) is 0. The van der Waals surface area contributed by atoms with Crippen LogP contribution in [0.2, 0.25) is 0 Å². The van der Waals surface area contributed by atoms with Crippen molar-refractivity contribution in [3.63, 3.8) is 0 Å². The van der Waals surface area contributed by atoms with E-state index in [1.165, 1.54) is 24.3 Å². The molecule has 0 aliphatic carbocycles. The molecule has 0 heterocycles. The summed E-state index contributed by atoms with van der Waals surface area (Å²) in [6.45, 7) is 0. The van der Waals surface area contributed by atoms with Crippen LogP contribution in [0.1, 0.15) is 0 Å². The molecule has 0 fully saturated rings. The molecular weight excluding hydrogens is 318 g/mol. The summed E-state index contributed by atoms with van der Waals surface area (Å²) >= 11 is 3.18. The predicted octanol–water partition coefficient (Wildman–Crippen LogP) is 6.27. The topological polar surface area (TPSA) is 0 Å². The van der Waals surface area contributed by atoms with Crippen molar-refractivity contribution >= 4 is 23.5 Å². The van der Waals surface area contributed by atoms with Crippen LogP contribution in [-0.2, 0) is 0 Å². The zero-order chi connectivity index (χ0) is 15.4. The van der Waals surface area contributed by atoms with Crippen LogP contribution in [0.5, 0.6) is 0 Å². The summed E-state index contributed by atoms with van der Waals surface area (Å²) in [7, 11) is 0. The van der Waals surface area contributed by atoms with Gasteiger partial charge in [0, 0.05) is 19.6 Å². The third-order valence-electron chi connectivity index (χ3n) is 2.92. The van der Waals surface area contributed by atoms with Gasteiger partial charge in [-0.3, -0.25) is 0 Å². The molecule has 4 heteroatoms. The van der Waals surface area contributed by atoms with Gasteiger partial charge >= 0.3 is 0 Å². The lowest BCUT2D eigenvalue weighted by Gasteiger charge is -2.04. The van der Waals surface area contributed by atoms with Crippen LogP contribution in [0, 0.1) is 11.6 Å². The van der Waals surface area contributed by atoms with Crippen molar-refractivity contribution in [2.24, 2.45) is 0 Å². The Labute approximate surface area is 136 Å². The summed E-state index contributed by atoms with van der Waals surface area (Å²) in [5.74, 6) is -0.453. The van der Waals surface area contributed by atoms with Gasteiger partial charge in [-0.2, -0.15) is 0 Å². The number of halogens is 2. The molecular formula is C18H12F2S2. The summed E-state index contributed by atoms with van der Waals surface area (Å²) in [6.07, 6.45) is 0. The van der Waals surface area contributed by atoms with E-state index in [1.54, 1.807) is 47.8 Å². The summed E-state index contributed by atoms with van der Waals surface area (Å²) in [5, 5.41) is 0. The second-order valence-electron chi connectivity index (χ2n) is 4.58. The van der Waals surface area contributed by atoms with E-state index in [0.29, 0.717) is 0 Å². The maximum absolute atomic E-state index is 12.9. The molecule has 3 aromatic rings. The van der Waals surface area contributed by atoms with Crippen molar-refractivity contribution in [3.8, 4) is 0 Å². The molecule has 0 radical (unpaired) electrons. The molecule has 0 aliphatic heterocycles. The quantitative estimate of drug-likeness (QED) is 0.553. The molecule has 0 saturated carbocycles. The van der Waals surface area contributed by atoms with Crippen LogP contribution < -0.4 is 0 Å². The van der Waals surface area contributed by atoms with Crippen molar-refractivity contribution in [2.75, 3.05) is 0 Å². The summed E-state index contributed by atoms with van der Waals surface area (Å²) in [4.78, 5) is 4.19. The van der Waals surface area contributed by atoms with Gasteiger partial charge in [0.15, 0.2) is 0 Å². The number of benzene rings is 3. The molecule has 3 rings (SSSR count). The average molecular weight is 330 g/mol. The molecule has 0 aromatic heterocycles. The van der Waals surface area contributed by atoms with Crippen molar-refractivity contribution in [1.29, 1.82) is 0 Å². The van der Waals surface area contributed by atoms with Gasteiger partial charge in [0.25, 0.3) is 0 Å². The monoisotopic (exact) mass is 330 g/mol. The van der Waals surface area contributed by atoms with Crippen LogP contribution in [0.25, 0.3) is 0 Å². The molecule has 0 spiro atoms. The summed E-state index contributed by atoms with van der Waals surface area (Å²) in [6, 6.07) is 21.0. The van der Waals surface area contributed by atoms with Gasteiger partial charge in [0.05, 0.1) is 0 Å². The standard InChI is InChI=1S/C18H12F2S2/c19-13-1-5-15(6-2-13)21-17-9-11-18(12-10-17)22-16-7-3-14(20)4-8-16/h1-12H. The zero-order valence-corrected chi connectivity index (χ0v) is 13.1. The molecule has 110 valence electrons. The Balaban J connectivity index is 1.67. The fourth-order valence-electron chi connectivity index (χ4n) is 1.85. The Morgan fingerprint density at radius 3 is 0.909 bits per heavy atom. The molecule has 0 atom stereocenters. The Morgan fingerprint density at radius 1 is 0.409 bits per heavy atom. The second kappa shape index (κ2) is 6.99.